The van der Waals surface area contributed by atoms with E-state index in [1.165, 1.54) is 29.4 Å². The molecule has 9 nitrogen and oxygen atoms in total. The molecular weight excluding hydrogens is 357 g/mol. The SMILES string of the molecule is OC[C@H]1O[C@@H](n2cnc3c(NCc4ccc(F)cc4)ncnc32)[C@H](O)[C@@H]1O. The summed E-state index contributed by atoms with van der Waals surface area (Å²) in [4.78, 5) is 12.6. The number of hydrogen-bond donors (Lipinski definition) is 4. The normalized spacial score (nSPS) is 25.2. The summed E-state index contributed by atoms with van der Waals surface area (Å²) in [5, 5.41) is 32.5. The molecule has 142 valence electrons. The molecule has 1 aliphatic heterocycles. The lowest BCUT2D eigenvalue weighted by atomic mass is 10.1. The summed E-state index contributed by atoms with van der Waals surface area (Å²) in [5.41, 5.74) is 1.73. The number of nitrogens with zero attached hydrogens (tertiary/aromatic N) is 4. The zero-order valence-corrected chi connectivity index (χ0v) is 14.1. The first-order chi connectivity index (χ1) is 13.1. The molecule has 0 radical (unpaired) electrons. The van der Waals surface area contributed by atoms with E-state index in [1.54, 1.807) is 12.1 Å². The van der Waals surface area contributed by atoms with E-state index < -0.39 is 31.1 Å². The molecule has 3 heterocycles. The molecule has 1 aromatic carbocycles. The van der Waals surface area contributed by atoms with Crippen LogP contribution < -0.4 is 5.32 Å². The molecular formula is C17H18FN5O4. The Kier molecular flexibility index (Phi) is 4.70. The minimum Gasteiger partial charge on any atom is -0.394 e. The van der Waals surface area contributed by atoms with Crippen molar-refractivity contribution < 1.29 is 24.4 Å². The van der Waals surface area contributed by atoms with Crippen molar-refractivity contribution in [3.63, 3.8) is 0 Å². The molecule has 3 aromatic rings. The van der Waals surface area contributed by atoms with Crippen LogP contribution in [0.15, 0.2) is 36.9 Å². The fourth-order valence-corrected chi connectivity index (χ4v) is 3.07. The number of aliphatic hydroxyl groups excluding tert-OH is 3. The lowest BCUT2D eigenvalue weighted by Crippen LogP contribution is -2.33. The van der Waals surface area contributed by atoms with E-state index in [2.05, 4.69) is 20.3 Å². The van der Waals surface area contributed by atoms with Gasteiger partial charge in [0.05, 0.1) is 12.9 Å². The minimum absolute atomic E-state index is 0.305. The number of halogens is 1. The van der Waals surface area contributed by atoms with Crippen LogP contribution in [0.3, 0.4) is 0 Å². The van der Waals surface area contributed by atoms with Crippen molar-refractivity contribution in [3.05, 3.63) is 48.3 Å². The van der Waals surface area contributed by atoms with Gasteiger partial charge in [0, 0.05) is 6.54 Å². The molecule has 0 spiro atoms. The third kappa shape index (κ3) is 3.23. The second-order valence-electron chi connectivity index (χ2n) is 6.26. The molecule has 0 bridgehead atoms. The third-order valence-corrected chi connectivity index (χ3v) is 4.52. The Morgan fingerprint density at radius 2 is 1.89 bits per heavy atom. The van der Waals surface area contributed by atoms with Crippen molar-refractivity contribution in [3.8, 4) is 0 Å². The number of rotatable bonds is 5. The van der Waals surface area contributed by atoms with E-state index in [0.717, 1.165) is 5.56 Å². The maximum Gasteiger partial charge on any atom is 0.167 e. The van der Waals surface area contributed by atoms with Gasteiger partial charge in [-0.3, -0.25) is 4.57 Å². The van der Waals surface area contributed by atoms with Crippen LogP contribution in [0.4, 0.5) is 10.2 Å². The van der Waals surface area contributed by atoms with Crippen molar-refractivity contribution >= 4 is 17.0 Å². The Morgan fingerprint density at radius 1 is 1.11 bits per heavy atom. The van der Waals surface area contributed by atoms with Gasteiger partial charge in [-0.05, 0) is 17.7 Å². The fourth-order valence-electron chi connectivity index (χ4n) is 3.07. The van der Waals surface area contributed by atoms with Crippen LogP contribution in [0.5, 0.6) is 0 Å². The number of imidazole rings is 1. The Hall–Kier alpha value is -2.66. The molecule has 0 saturated carbocycles. The van der Waals surface area contributed by atoms with Gasteiger partial charge in [-0.25, -0.2) is 19.3 Å². The van der Waals surface area contributed by atoms with Gasteiger partial charge in [0.15, 0.2) is 23.2 Å². The highest BCUT2D eigenvalue weighted by atomic mass is 19.1. The molecule has 4 rings (SSSR count). The summed E-state index contributed by atoms with van der Waals surface area (Å²) in [5.74, 6) is 0.162. The smallest absolute Gasteiger partial charge is 0.167 e. The van der Waals surface area contributed by atoms with Gasteiger partial charge >= 0.3 is 0 Å². The first kappa shape index (κ1) is 17.7. The van der Waals surface area contributed by atoms with Crippen molar-refractivity contribution in [1.82, 2.24) is 19.5 Å². The van der Waals surface area contributed by atoms with Gasteiger partial charge in [-0.2, -0.15) is 0 Å². The van der Waals surface area contributed by atoms with E-state index in [4.69, 9.17) is 4.74 Å². The van der Waals surface area contributed by atoms with E-state index in [1.807, 2.05) is 0 Å². The second kappa shape index (κ2) is 7.16. The molecule has 4 N–H and O–H groups in total. The first-order valence-corrected chi connectivity index (χ1v) is 8.37. The number of ether oxygens (including phenoxy) is 1. The van der Waals surface area contributed by atoms with Crippen molar-refractivity contribution in [1.29, 1.82) is 0 Å². The number of hydrogen-bond acceptors (Lipinski definition) is 8. The zero-order chi connectivity index (χ0) is 19.0. The molecule has 4 atom stereocenters. The standard InChI is InChI=1S/C17H18FN5O4/c18-10-3-1-9(2-4-10)5-19-15-12-16(21-7-20-15)23(8-22-12)17-14(26)13(25)11(6-24)27-17/h1-4,7-8,11,13-14,17,24-26H,5-6H2,(H,19,20,21)/t11-,13-,14-,17-/m1/s1. The largest absolute Gasteiger partial charge is 0.394 e. The lowest BCUT2D eigenvalue weighted by molar-refractivity contribution is -0.0511. The zero-order valence-electron chi connectivity index (χ0n) is 14.1. The lowest BCUT2D eigenvalue weighted by Gasteiger charge is -2.16. The average Bonchev–Trinajstić information content (AvgIpc) is 3.23. The molecule has 0 unspecified atom stereocenters. The Morgan fingerprint density at radius 3 is 2.59 bits per heavy atom. The van der Waals surface area contributed by atoms with E-state index in [-0.39, 0.29) is 5.82 Å². The molecule has 0 amide bonds. The first-order valence-electron chi connectivity index (χ1n) is 8.37. The van der Waals surface area contributed by atoms with Crippen LogP contribution in [0.1, 0.15) is 11.8 Å². The summed E-state index contributed by atoms with van der Waals surface area (Å²) >= 11 is 0. The summed E-state index contributed by atoms with van der Waals surface area (Å²) in [6.45, 7) is -0.00603. The number of nitrogens with one attached hydrogen (secondary N) is 1. The van der Waals surface area contributed by atoms with Crippen molar-refractivity contribution in [2.75, 3.05) is 11.9 Å². The van der Waals surface area contributed by atoms with E-state index in [0.29, 0.717) is 23.5 Å². The van der Waals surface area contributed by atoms with Gasteiger partial charge < -0.3 is 25.4 Å². The van der Waals surface area contributed by atoms with Gasteiger partial charge in [0.2, 0.25) is 0 Å². The molecule has 1 fully saturated rings. The summed E-state index contributed by atoms with van der Waals surface area (Å²) < 4.78 is 20.0. The second-order valence-corrected chi connectivity index (χ2v) is 6.26. The predicted molar refractivity (Wildman–Crippen MR) is 92.1 cm³/mol. The number of aliphatic hydroxyl groups is 3. The van der Waals surface area contributed by atoms with Crippen LogP contribution in [0.25, 0.3) is 11.2 Å². The van der Waals surface area contributed by atoms with Crippen LogP contribution in [0, 0.1) is 5.82 Å². The molecule has 0 aliphatic carbocycles. The summed E-state index contributed by atoms with van der Waals surface area (Å²) in [7, 11) is 0. The molecule has 1 aliphatic rings. The highest BCUT2D eigenvalue weighted by molar-refractivity contribution is 5.82. The van der Waals surface area contributed by atoms with Crippen LogP contribution in [-0.4, -0.2) is 59.8 Å². The van der Waals surface area contributed by atoms with Gasteiger partial charge in [0.25, 0.3) is 0 Å². The number of anilines is 1. The quantitative estimate of drug-likeness (QED) is 0.498. The fraction of sp³-hybridized carbons (Fsp3) is 0.353. The molecule has 27 heavy (non-hydrogen) atoms. The Balaban J connectivity index is 1.59. The van der Waals surface area contributed by atoms with Crippen molar-refractivity contribution in [2.45, 2.75) is 31.1 Å². The number of fused-ring (bicyclic) bond motifs is 1. The van der Waals surface area contributed by atoms with Crippen LogP contribution in [-0.2, 0) is 11.3 Å². The van der Waals surface area contributed by atoms with Crippen molar-refractivity contribution in [2.24, 2.45) is 0 Å². The number of aromatic nitrogens is 4. The summed E-state index contributed by atoms with van der Waals surface area (Å²) in [6, 6.07) is 6.09. The maximum atomic E-state index is 13.0. The van der Waals surface area contributed by atoms with Gasteiger partial charge in [-0.1, -0.05) is 12.1 Å². The third-order valence-electron chi connectivity index (χ3n) is 4.52. The Bertz CT molecular complexity index is 935. The highest BCUT2D eigenvalue weighted by Crippen LogP contribution is 2.32. The maximum absolute atomic E-state index is 13.0. The predicted octanol–water partition coefficient (Wildman–Crippen LogP) is 0.189. The van der Waals surface area contributed by atoms with Gasteiger partial charge in [0.1, 0.15) is 30.5 Å². The topological polar surface area (TPSA) is 126 Å². The monoisotopic (exact) mass is 375 g/mol. The minimum atomic E-state index is -1.23. The highest BCUT2D eigenvalue weighted by Gasteiger charge is 2.44. The van der Waals surface area contributed by atoms with Gasteiger partial charge in [-0.15, -0.1) is 0 Å². The van der Waals surface area contributed by atoms with Crippen LogP contribution in [0.2, 0.25) is 0 Å². The molecule has 2 aromatic heterocycles. The van der Waals surface area contributed by atoms with E-state index >= 15 is 0 Å². The number of benzene rings is 1. The average molecular weight is 375 g/mol. The molecule has 1 saturated heterocycles. The molecule has 10 heteroatoms. The van der Waals surface area contributed by atoms with E-state index in [9.17, 15) is 19.7 Å². The Labute approximate surface area is 153 Å². The summed E-state index contributed by atoms with van der Waals surface area (Å²) in [6.07, 6.45) is -1.49. The van der Waals surface area contributed by atoms with Crippen LogP contribution >= 0.6 is 0 Å².